The van der Waals surface area contributed by atoms with Crippen LogP contribution < -0.4 is 14.8 Å². The first-order chi connectivity index (χ1) is 9.81. The van der Waals surface area contributed by atoms with Gasteiger partial charge in [0.2, 0.25) is 5.91 Å². The Morgan fingerprint density at radius 1 is 1.40 bits per heavy atom. The third kappa shape index (κ3) is 2.85. The third-order valence-corrected chi connectivity index (χ3v) is 2.79. The SMILES string of the molecule is O=C(Cn1cnnn1)NCC1COc2ccccc2O1. The van der Waals surface area contributed by atoms with Gasteiger partial charge in [0.15, 0.2) is 11.5 Å². The molecule has 2 aromatic rings. The monoisotopic (exact) mass is 275 g/mol. The van der Waals surface area contributed by atoms with Gasteiger partial charge in [-0.25, -0.2) is 4.68 Å². The summed E-state index contributed by atoms with van der Waals surface area (Å²) in [4.78, 5) is 11.7. The van der Waals surface area contributed by atoms with E-state index in [4.69, 9.17) is 9.47 Å². The van der Waals surface area contributed by atoms with Gasteiger partial charge in [0.25, 0.3) is 0 Å². The van der Waals surface area contributed by atoms with Crippen LogP contribution >= 0.6 is 0 Å². The summed E-state index contributed by atoms with van der Waals surface area (Å²) in [6.45, 7) is 0.856. The van der Waals surface area contributed by atoms with Crippen molar-refractivity contribution in [2.45, 2.75) is 12.6 Å². The molecule has 0 bridgehead atoms. The van der Waals surface area contributed by atoms with Crippen molar-refractivity contribution in [1.82, 2.24) is 25.5 Å². The van der Waals surface area contributed by atoms with Gasteiger partial charge in [0.1, 0.15) is 25.6 Å². The number of tetrazole rings is 1. The summed E-state index contributed by atoms with van der Waals surface area (Å²) in [6.07, 6.45) is 1.18. The van der Waals surface area contributed by atoms with Crippen LogP contribution in [-0.2, 0) is 11.3 Å². The van der Waals surface area contributed by atoms with Crippen LogP contribution in [0.15, 0.2) is 30.6 Å². The number of hydrogen-bond donors (Lipinski definition) is 1. The summed E-state index contributed by atoms with van der Waals surface area (Å²) in [5.74, 6) is 1.24. The third-order valence-electron chi connectivity index (χ3n) is 2.79. The van der Waals surface area contributed by atoms with Crippen LogP contribution in [0.2, 0.25) is 0 Å². The fraction of sp³-hybridized carbons (Fsp3) is 0.333. The first kappa shape index (κ1) is 12.4. The first-order valence-electron chi connectivity index (χ1n) is 6.17. The molecule has 0 fully saturated rings. The fourth-order valence-electron chi connectivity index (χ4n) is 1.85. The number of carbonyl (C=O) groups excluding carboxylic acids is 1. The molecule has 0 radical (unpaired) electrons. The largest absolute Gasteiger partial charge is 0.486 e. The summed E-state index contributed by atoms with van der Waals surface area (Å²) in [5.41, 5.74) is 0. The number of benzene rings is 1. The molecule has 1 aliphatic rings. The van der Waals surface area contributed by atoms with E-state index < -0.39 is 0 Å². The second-order valence-corrected chi connectivity index (χ2v) is 4.31. The molecule has 20 heavy (non-hydrogen) atoms. The number of fused-ring (bicyclic) bond motifs is 1. The van der Waals surface area contributed by atoms with E-state index in [9.17, 15) is 4.79 Å². The maximum Gasteiger partial charge on any atom is 0.242 e. The molecule has 1 unspecified atom stereocenters. The minimum absolute atomic E-state index is 0.0805. The smallest absolute Gasteiger partial charge is 0.242 e. The lowest BCUT2D eigenvalue weighted by Gasteiger charge is -2.26. The van der Waals surface area contributed by atoms with Crippen LogP contribution in [0.1, 0.15) is 0 Å². The van der Waals surface area contributed by atoms with Crippen molar-refractivity contribution in [3.8, 4) is 11.5 Å². The van der Waals surface area contributed by atoms with Gasteiger partial charge in [-0.3, -0.25) is 4.79 Å². The molecule has 3 rings (SSSR count). The van der Waals surface area contributed by atoms with Crippen LogP contribution in [0.4, 0.5) is 0 Å². The number of ether oxygens (including phenoxy) is 2. The highest BCUT2D eigenvalue weighted by Crippen LogP contribution is 2.30. The topological polar surface area (TPSA) is 91.2 Å². The highest BCUT2D eigenvalue weighted by Gasteiger charge is 2.20. The molecule has 104 valence electrons. The van der Waals surface area contributed by atoms with Crippen molar-refractivity contribution in [2.24, 2.45) is 0 Å². The molecular formula is C12H13N5O3. The predicted molar refractivity (Wildman–Crippen MR) is 67.2 cm³/mol. The zero-order valence-electron chi connectivity index (χ0n) is 10.6. The van der Waals surface area contributed by atoms with E-state index in [0.29, 0.717) is 18.9 Å². The summed E-state index contributed by atoms with van der Waals surface area (Å²) >= 11 is 0. The van der Waals surface area contributed by atoms with Crippen molar-refractivity contribution in [1.29, 1.82) is 0 Å². The van der Waals surface area contributed by atoms with Crippen LogP contribution in [0, 0.1) is 0 Å². The molecule has 1 aromatic heterocycles. The van der Waals surface area contributed by atoms with Crippen molar-refractivity contribution in [2.75, 3.05) is 13.2 Å². The zero-order valence-corrected chi connectivity index (χ0v) is 10.6. The fourth-order valence-corrected chi connectivity index (χ4v) is 1.85. The maximum atomic E-state index is 11.7. The Morgan fingerprint density at radius 2 is 2.25 bits per heavy atom. The van der Waals surface area contributed by atoms with Gasteiger partial charge < -0.3 is 14.8 Å². The summed E-state index contributed by atoms with van der Waals surface area (Å²) in [5, 5.41) is 13.3. The van der Waals surface area contributed by atoms with Crippen molar-refractivity contribution in [3.05, 3.63) is 30.6 Å². The summed E-state index contributed by atoms with van der Waals surface area (Å²) in [6, 6.07) is 7.45. The molecule has 1 N–H and O–H groups in total. The van der Waals surface area contributed by atoms with E-state index in [2.05, 4.69) is 20.8 Å². The van der Waals surface area contributed by atoms with Crippen molar-refractivity contribution in [3.63, 3.8) is 0 Å². The molecule has 0 saturated heterocycles. The Bertz CT molecular complexity index is 587. The number of rotatable bonds is 4. The molecule has 1 amide bonds. The molecule has 8 nitrogen and oxygen atoms in total. The van der Waals surface area contributed by atoms with Gasteiger partial charge in [0, 0.05) is 0 Å². The summed E-state index contributed by atoms with van der Waals surface area (Å²) in [7, 11) is 0. The number of hydrogen-bond acceptors (Lipinski definition) is 6. The standard InChI is InChI=1S/C12H13N5O3/c18-12(6-17-8-14-15-16-17)13-5-9-7-19-10-3-1-2-4-11(10)20-9/h1-4,8-9H,5-7H2,(H,13,18). The summed E-state index contributed by atoms with van der Waals surface area (Å²) < 4.78 is 12.6. The zero-order chi connectivity index (χ0) is 13.8. The first-order valence-corrected chi connectivity index (χ1v) is 6.17. The minimum Gasteiger partial charge on any atom is -0.486 e. The van der Waals surface area contributed by atoms with Gasteiger partial charge in [-0.1, -0.05) is 12.1 Å². The van der Waals surface area contributed by atoms with Crippen LogP contribution in [0.5, 0.6) is 11.5 Å². The quantitative estimate of drug-likeness (QED) is 0.818. The van der Waals surface area contributed by atoms with Gasteiger partial charge >= 0.3 is 0 Å². The molecule has 0 spiro atoms. The minimum atomic E-state index is -0.206. The number of nitrogens with zero attached hydrogens (tertiary/aromatic N) is 4. The van der Waals surface area contributed by atoms with Gasteiger partial charge in [-0.05, 0) is 22.6 Å². The Kier molecular flexibility index (Phi) is 3.44. The average molecular weight is 275 g/mol. The molecule has 2 heterocycles. The lowest BCUT2D eigenvalue weighted by atomic mass is 10.2. The van der Waals surface area contributed by atoms with E-state index in [0.717, 1.165) is 5.75 Å². The van der Waals surface area contributed by atoms with Gasteiger partial charge in [0.05, 0.1) is 6.54 Å². The number of para-hydroxylation sites is 2. The number of carbonyl (C=O) groups is 1. The molecular weight excluding hydrogens is 262 g/mol. The van der Waals surface area contributed by atoms with Crippen molar-refractivity contribution < 1.29 is 14.3 Å². The Labute approximate surface area is 114 Å². The highest BCUT2D eigenvalue weighted by molar-refractivity contribution is 5.75. The van der Waals surface area contributed by atoms with E-state index in [1.165, 1.54) is 11.0 Å². The van der Waals surface area contributed by atoms with E-state index in [-0.39, 0.29) is 18.6 Å². The molecule has 1 aromatic carbocycles. The van der Waals surface area contributed by atoms with E-state index >= 15 is 0 Å². The van der Waals surface area contributed by atoms with Crippen LogP contribution in [-0.4, -0.2) is 45.4 Å². The van der Waals surface area contributed by atoms with Crippen molar-refractivity contribution >= 4 is 5.91 Å². The molecule has 0 aliphatic carbocycles. The van der Waals surface area contributed by atoms with E-state index in [1.54, 1.807) is 0 Å². The Hall–Kier alpha value is -2.64. The predicted octanol–water partition coefficient (Wildman–Crippen LogP) is -0.371. The normalized spacial score (nSPS) is 16.7. The lowest BCUT2D eigenvalue weighted by Crippen LogP contribution is -2.41. The van der Waals surface area contributed by atoms with E-state index in [1.807, 2.05) is 24.3 Å². The number of nitrogens with one attached hydrogen (secondary N) is 1. The van der Waals surface area contributed by atoms with Crippen LogP contribution in [0.25, 0.3) is 0 Å². The second kappa shape index (κ2) is 5.55. The molecule has 0 saturated carbocycles. The number of aromatic nitrogens is 4. The van der Waals surface area contributed by atoms with Crippen LogP contribution in [0.3, 0.4) is 0 Å². The Balaban J connectivity index is 1.49. The average Bonchev–Trinajstić information content (AvgIpc) is 2.98. The Morgan fingerprint density at radius 3 is 3.05 bits per heavy atom. The highest BCUT2D eigenvalue weighted by atomic mass is 16.6. The van der Waals surface area contributed by atoms with Gasteiger partial charge in [-0.2, -0.15) is 0 Å². The molecule has 8 heteroatoms. The lowest BCUT2D eigenvalue weighted by molar-refractivity contribution is -0.122. The molecule has 1 aliphatic heterocycles. The molecule has 1 atom stereocenters. The maximum absolute atomic E-state index is 11.7. The number of amides is 1. The van der Waals surface area contributed by atoms with Gasteiger partial charge in [-0.15, -0.1) is 5.10 Å². The second-order valence-electron chi connectivity index (χ2n) is 4.31.